The van der Waals surface area contributed by atoms with E-state index in [1.54, 1.807) is 20.8 Å². The summed E-state index contributed by atoms with van der Waals surface area (Å²) in [5, 5.41) is 32.3. The molecule has 0 N–H and O–H groups in total. The molecule has 0 saturated heterocycles. The van der Waals surface area contributed by atoms with Crippen molar-refractivity contribution in [2.45, 2.75) is 159 Å². The van der Waals surface area contributed by atoms with Gasteiger partial charge in [0.1, 0.15) is 0 Å². The van der Waals surface area contributed by atoms with E-state index < -0.39 is 34.2 Å². The monoisotopic (exact) mass is 682 g/mol. The van der Waals surface area contributed by atoms with Gasteiger partial charge in [-0.3, -0.25) is 0 Å². The Labute approximate surface area is 258 Å². The summed E-state index contributed by atoms with van der Waals surface area (Å²) in [6.07, 6.45) is 13.7. The third-order valence-electron chi connectivity index (χ3n) is 7.59. The fourth-order valence-electron chi connectivity index (χ4n) is 3.82. The molecule has 0 aromatic rings. The van der Waals surface area contributed by atoms with Crippen molar-refractivity contribution in [2.75, 3.05) is 0 Å². The zero-order valence-corrected chi connectivity index (χ0v) is 27.1. The molecule has 0 aromatic heterocycles. The molecule has 0 aliphatic carbocycles. The molecule has 7 heteroatoms. The molecule has 0 aliphatic heterocycles. The molecule has 6 nitrogen and oxygen atoms in total. The fourth-order valence-corrected chi connectivity index (χ4v) is 3.82. The molecule has 37 heavy (non-hydrogen) atoms. The first-order chi connectivity index (χ1) is 16.7. The molecule has 0 radical (unpaired) electrons. The molecule has 0 saturated carbocycles. The molecule has 3 atom stereocenters. The van der Waals surface area contributed by atoms with E-state index in [0.717, 1.165) is 83.5 Å². The average molecular weight is 683 g/mol. The quantitative estimate of drug-likeness (QED) is 0.184. The Morgan fingerprint density at radius 3 is 0.973 bits per heavy atom. The van der Waals surface area contributed by atoms with Crippen LogP contribution < -0.4 is 15.3 Å². The zero-order valence-electron chi connectivity index (χ0n) is 25.3. The van der Waals surface area contributed by atoms with E-state index in [0.29, 0.717) is 12.8 Å². The SMILES string of the molecule is CCCCC(C)(CCC)C(=O)[O-].CCCCCC(C)(CC)C(=O)[O-].CCCCCC(C)(CC)C(=O)[O-].[Tm+3]. The van der Waals surface area contributed by atoms with E-state index in [1.165, 1.54) is 0 Å². The molecule has 0 heterocycles. The Hall–Kier alpha value is -0.356. The molecule has 0 aromatic carbocycles. The van der Waals surface area contributed by atoms with E-state index in [4.69, 9.17) is 0 Å². The minimum absolute atomic E-state index is 0. The summed E-state index contributed by atoms with van der Waals surface area (Å²) in [4.78, 5) is 32.3. The Bertz CT molecular complexity index is 563. The van der Waals surface area contributed by atoms with Gasteiger partial charge in [0.05, 0.1) is 0 Å². The van der Waals surface area contributed by atoms with E-state index >= 15 is 0 Å². The topological polar surface area (TPSA) is 120 Å². The second-order valence-electron chi connectivity index (χ2n) is 11.0. The molecule has 0 bridgehead atoms. The van der Waals surface area contributed by atoms with Crippen LogP contribution >= 0.6 is 0 Å². The standard InChI is InChI=1S/3C10H20O2.Tm/c2*1-4-6-7-8-10(3,5-2)9(11)12;1-4-6-8-10(3,7-5-2)9(11)12;/h3*4-8H2,1-3H3,(H,11,12);/q;;;+3/p-3. The summed E-state index contributed by atoms with van der Waals surface area (Å²) < 4.78 is 0. The van der Waals surface area contributed by atoms with Gasteiger partial charge in [0, 0.05) is 34.2 Å². The van der Waals surface area contributed by atoms with Crippen LogP contribution in [-0.4, -0.2) is 17.9 Å². The molecule has 0 fully saturated rings. The van der Waals surface area contributed by atoms with E-state index in [9.17, 15) is 29.7 Å². The van der Waals surface area contributed by atoms with Gasteiger partial charge >= 0.3 is 36.9 Å². The third-order valence-corrected chi connectivity index (χ3v) is 7.59. The first-order valence-electron chi connectivity index (χ1n) is 14.3. The van der Waals surface area contributed by atoms with Crippen LogP contribution in [0.15, 0.2) is 0 Å². The summed E-state index contributed by atoms with van der Waals surface area (Å²) in [5.41, 5.74) is -1.80. The number of unbranched alkanes of at least 4 members (excludes halogenated alkanes) is 5. The van der Waals surface area contributed by atoms with Crippen LogP contribution in [0, 0.1) is 53.1 Å². The number of hydrogen-bond acceptors (Lipinski definition) is 6. The van der Waals surface area contributed by atoms with Gasteiger partial charge in [-0.15, -0.1) is 0 Å². The van der Waals surface area contributed by atoms with Gasteiger partial charge in [-0.1, -0.05) is 120 Å². The maximum atomic E-state index is 10.8. The fraction of sp³-hybridized carbons (Fsp3) is 0.900. The Morgan fingerprint density at radius 2 is 0.757 bits per heavy atom. The van der Waals surface area contributed by atoms with Gasteiger partial charge in [0.25, 0.3) is 0 Å². The summed E-state index contributed by atoms with van der Waals surface area (Å²) in [7, 11) is 0. The van der Waals surface area contributed by atoms with E-state index in [1.807, 2.05) is 20.8 Å². The largest absolute Gasteiger partial charge is 3.00 e. The zero-order chi connectivity index (χ0) is 28.8. The summed E-state index contributed by atoms with van der Waals surface area (Å²) in [6, 6.07) is 0. The van der Waals surface area contributed by atoms with Crippen LogP contribution in [-0.2, 0) is 14.4 Å². The normalized spacial score (nSPS) is 15.2. The maximum Gasteiger partial charge on any atom is 3.00 e. The maximum absolute atomic E-state index is 10.8. The van der Waals surface area contributed by atoms with Crippen molar-refractivity contribution in [1.29, 1.82) is 0 Å². The van der Waals surface area contributed by atoms with Crippen LogP contribution in [0.4, 0.5) is 0 Å². The van der Waals surface area contributed by atoms with Crippen LogP contribution in [0.25, 0.3) is 0 Å². The molecule has 3 unspecified atom stereocenters. The third kappa shape index (κ3) is 20.2. The molecular weight excluding hydrogens is 625 g/mol. The van der Waals surface area contributed by atoms with Crippen LogP contribution in [0.1, 0.15) is 159 Å². The average Bonchev–Trinajstić information content (AvgIpc) is 2.83. The summed E-state index contributed by atoms with van der Waals surface area (Å²) in [6.45, 7) is 17.5. The van der Waals surface area contributed by atoms with Crippen molar-refractivity contribution in [1.82, 2.24) is 0 Å². The van der Waals surface area contributed by atoms with Gasteiger partial charge in [-0.25, -0.2) is 0 Å². The number of carbonyl (C=O) groups is 3. The van der Waals surface area contributed by atoms with Crippen molar-refractivity contribution >= 4 is 17.9 Å². The van der Waals surface area contributed by atoms with E-state index in [-0.39, 0.29) is 36.9 Å². The second kappa shape index (κ2) is 24.7. The van der Waals surface area contributed by atoms with Crippen molar-refractivity contribution in [3.63, 3.8) is 0 Å². The molecule has 0 aliphatic rings. The minimum atomic E-state index is -0.902. The van der Waals surface area contributed by atoms with Crippen molar-refractivity contribution in [3.05, 3.63) is 0 Å². The van der Waals surface area contributed by atoms with Crippen molar-refractivity contribution < 1.29 is 66.6 Å². The number of carboxylic acids is 3. The summed E-state index contributed by atoms with van der Waals surface area (Å²) >= 11 is 0. The molecule has 0 spiro atoms. The Kier molecular flexibility index (Phi) is 29.1. The van der Waals surface area contributed by atoms with Gasteiger partial charge in [0.2, 0.25) is 0 Å². The van der Waals surface area contributed by atoms with Crippen LogP contribution in [0.5, 0.6) is 0 Å². The van der Waals surface area contributed by atoms with Crippen LogP contribution in [0.3, 0.4) is 0 Å². The predicted octanol–water partition coefficient (Wildman–Crippen LogP) is 5.20. The first-order valence-corrected chi connectivity index (χ1v) is 14.3. The number of aliphatic carboxylic acids is 3. The summed E-state index contributed by atoms with van der Waals surface area (Å²) in [5.74, 6) is -2.69. The molecular formula is C30H57O6Tm. The van der Waals surface area contributed by atoms with Crippen LogP contribution in [0.2, 0.25) is 0 Å². The second-order valence-corrected chi connectivity index (χ2v) is 11.0. The predicted molar refractivity (Wildman–Crippen MR) is 143 cm³/mol. The smallest absolute Gasteiger partial charge is 0.550 e. The van der Waals surface area contributed by atoms with Gasteiger partial charge in [-0.05, 0) is 38.5 Å². The minimum Gasteiger partial charge on any atom is -0.550 e. The Morgan fingerprint density at radius 1 is 0.459 bits per heavy atom. The number of carboxylic acid groups (broad SMARTS) is 3. The van der Waals surface area contributed by atoms with Gasteiger partial charge in [0.15, 0.2) is 0 Å². The van der Waals surface area contributed by atoms with E-state index in [2.05, 4.69) is 20.8 Å². The van der Waals surface area contributed by atoms with Crippen molar-refractivity contribution in [3.8, 4) is 0 Å². The van der Waals surface area contributed by atoms with Gasteiger partial charge < -0.3 is 29.7 Å². The first kappa shape index (κ1) is 43.7. The number of rotatable bonds is 18. The molecule has 0 rings (SSSR count). The molecule has 226 valence electrons. The number of carbonyl (C=O) groups excluding carboxylic acids is 3. The number of hydrogen-bond donors (Lipinski definition) is 0. The molecule has 0 amide bonds. The Balaban J connectivity index is -0.000000218. The van der Waals surface area contributed by atoms with Gasteiger partial charge in [-0.2, -0.15) is 0 Å². The van der Waals surface area contributed by atoms with Crippen molar-refractivity contribution in [2.24, 2.45) is 16.2 Å².